The van der Waals surface area contributed by atoms with E-state index in [1.165, 1.54) is 7.11 Å². The van der Waals surface area contributed by atoms with Crippen molar-refractivity contribution in [2.45, 2.75) is 0 Å². The highest BCUT2D eigenvalue weighted by Gasteiger charge is 2.19. The van der Waals surface area contributed by atoms with E-state index in [0.29, 0.717) is 22.6 Å². The second kappa shape index (κ2) is 6.73. The summed E-state index contributed by atoms with van der Waals surface area (Å²) in [6, 6.07) is 18.4. The van der Waals surface area contributed by atoms with E-state index in [0.717, 1.165) is 15.2 Å². The van der Waals surface area contributed by atoms with Crippen LogP contribution in [0.15, 0.2) is 59.1 Å². The minimum atomic E-state index is -0.332. The molecule has 3 aromatic carbocycles. The standard InChI is InChI=1S/C19H13BrN2O2/c1-24-18-15(10-12-6-2-4-8-14(12)17(18)20)19(23)22-16-9-5-3-7-13(16)11-21/h2-10H,1H3,(H,22,23). The fourth-order valence-electron chi connectivity index (χ4n) is 2.53. The van der Waals surface area contributed by atoms with Crippen LogP contribution in [0.5, 0.6) is 5.75 Å². The molecule has 1 N–H and O–H groups in total. The Morgan fingerprint density at radius 3 is 2.62 bits per heavy atom. The number of nitrogens with zero attached hydrogens (tertiary/aromatic N) is 1. The first kappa shape index (κ1) is 16.0. The predicted molar refractivity (Wildman–Crippen MR) is 97.3 cm³/mol. The number of rotatable bonds is 3. The molecule has 24 heavy (non-hydrogen) atoms. The zero-order chi connectivity index (χ0) is 17.1. The van der Waals surface area contributed by atoms with Gasteiger partial charge in [-0.25, -0.2) is 0 Å². The molecule has 0 aliphatic rings. The maximum Gasteiger partial charge on any atom is 0.259 e. The van der Waals surface area contributed by atoms with E-state index in [2.05, 4.69) is 27.3 Å². The molecule has 0 aromatic heterocycles. The van der Waals surface area contributed by atoms with E-state index in [1.54, 1.807) is 30.3 Å². The fourth-order valence-corrected chi connectivity index (χ4v) is 3.27. The summed E-state index contributed by atoms with van der Waals surface area (Å²) in [5.74, 6) is 0.127. The molecule has 0 aliphatic heterocycles. The van der Waals surface area contributed by atoms with Crippen LogP contribution >= 0.6 is 15.9 Å². The zero-order valence-corrected chi connectivity index (χ0v) is 14.4. The van der Waals surface area contributed by atoms with Crippen LogP contribution in [0.1, 0.15) is 15.9 Å². The Labute approximate surface area is 147 Å². The first-order chi connectivity index (χ1) is 11.7. The van der Waals surface area contributed by atoms with Gasteiger partial charge in [0, 0.05) is 0 Å². The highest BCUT2D eigenvalue weighted by Crippen LogP contribution is 2.37. The molecule has 3 rings (SSSR count). The Morgan fingerprint density at radius 1 is 1.17 bits per heavy atom. The topological polar surface area (TPSA) is 62.1 Å². The van der Waals surface area contributed by atoms with E-state index in [4.69, 9.17) is 10.00 Å². The van der Waals surface area contributed by atoms with Gasteiger partial charge in [0.2, 0.25) is 0 Å². The molecule has 0 fully saturated rings. The molecule has 4 nitrogen and oxygen atoms in total. The van der Waals surface area contributed by atoms with Gasteiger partial charge in [-0.3, -0.25) is 4.79 Å². The Kier molecular flexibility index (Phi) is 4.50. The highest BCUT2D eigenvalue weighted by molar-refractivity contribution is 9.10. The number of nitrogens with one attached hydrogen (secondary N) is 1. The normalized spacial score (nSPS) is 10.2. The van der Waals surface area contributed by atoms with E-state index in [1.807, 2.05) is 24.3 Å². The first-order valence-electron chi connectivity index (χ1n) is 7.21. The van der Waals surface area contributed by atoms with Crippen LogP contribution in [0.2, 0.25) is 0 Å². The van der Waals surface area contributed by atoms with Crippen molar-refractivity contribution < 1.29 is 9.53 Å². The molecule has 5 heteroatoms. The van der Waals surface area contributed by atoms with Crippen LogP contribution in [0.4, 0.5) is 5.69 Å². The molecule has 0 radical (unpaired) electrons. The average molecular weight is 381 g/mol. The number of carbonyl (C=O) groups is 1. The summed E-state index contributed by atoms with van der Waals surface area (Å²) in [5, 5.41) is 13.8. The van der Waals surface area contributed by atoms with Gasteiger partial charge in [-0.15, -0.1) is 0 Å². The molecule has 118 valence electrons. The summed E-state index contributed by atoms with van der Waals surface area (Å²) >= 11 is 3.52. The van der Waals surface area contributed by atoms with E-state index in [9.17, 15) is 4.79 Å². The Balaban J connectivity index is 2.08. The van der Waals surface area contributed by atoms with Crippen molar-refractivity contribution in [2.75, 3.05) is 12.4 Å². The number of nitriles is 1. The molecule has 0 unspecified atom stereocenters. The molecular weight excluding hydrogens is 368 g/mol. The van der Waals surface area contributed by atoms with Crippen LogP contribution < -0.4 is 10.1 Å². The van der Waals surface area contributed by atoms with E-state index in [-0.39, 0.29) is 5.91 Å². The molecule has 0 saturated carbocycles. The third-order valence-electron chi connectivity index (χ3n) is 3.69. The molecule has 0 bridgehead atoms. The maximum absolute atomic E-state index is 12.7. The summed E-state index contributed by atoms with van der Waals surface area (Å²) in [6.45, 7) is 0. The number of para-hydroxylation sites is 1. The molecule has 0 heterocycles. The van der Waals surface area contributed by atoms with E-state index >= 15 is 0 Å². The minimum Gasteiger partial charge on any atom is -0.495 e. The molecular formula is C19H13BrN2O2. The first-order valence-corrected chi connectivity index (χ1v) is 8.00. The third kappa shape index (κ3) is 2.84. The lowest BCUT2D eigenvalue weighted by Gasteiger charge is -2.14. The van der Waals surface area contributed by atoms with Gasteiger partial charge in [-0.2, -0.15) is 5.26 Å². The summed E-state index contributed by atoms with van der Waals surface area (Å²) < 4.78 is 6.15. The van der Waals surface area contributed by atoms with Gasteiger partial charge >= 0.3 is 0 Å². The smallest absolute Gasteiger partial charge is 0.259 e. The Bertz CT molecular complexity index is 977. The van der Waals surface area contributed by atoms with Crippen LogP contribution in [0.25, 0.3) is 10.8 Å². The van der Waals surface area contributed by atoms with Crippen molar-refractivity contribution in [1.82, 2.24) is 0 Å². The third-order valence-corrected chi connectivity index (χ3v) is 4.47. The number of methoxy groups -OCH3 is 1. The number of hydrogen-bond acceptors (Lipinski definition) is 3. The largest absolute Gasteiger partial charge is 0.495 e. The lowest BCUT2D eigenvalue weighted by atomic mass is 10.0. The second-order valence-electron chi connectivity index (χ2n) is 5.10. The van der Waals surface area contributed by atoms with Crippen molar-refractivity contribution >= 4 is 38.3 Å². The number of benzene rings is 3. The Hall–Kier alpha value is -2.84. The highest BCUT2D eigenvalue weighted by atomic mass is 79.9. The van der Waals surface area contributed by atoms with Gasteiger partial charge in [-0.05, 0) is 44.9 Å². The quantitative estimate of drug-likeness (QED) is 0.713. The Morgan fingerprint density at radius 2 is 1.88 bits per heavy atom. The average Bonchev–Trinajstić information content (AvgIpc) is 2.62. The van der Waals surface area contributed by atoms with Gasteiger partial charge in [0.05, 0.1) is 28.4 Å². The molecule has 1 amide bonds. The van der Waals surface area contributed by atoms with Gasteiger partial charge < -0.3 is 10.1 Å². The number of carbonyl (C=O) groups excluding carboxylic acids is 1. The minimum absolute atomic E-state index is 0.332. The summed E-state index contributed by atoms with van der Waals surface area (Å²) in [7, 11) is 1.52. The van der Waals surface area contributed by atoms with Gasteiger partial charge in [0.25, 0.3) is 5.91 Å². The van der Waals surface area contributed by atoms with Crippen LogP contribution in [-0.2, 0) is 0 Å². The lowest BCUT2D eigenvalue weighted by molar-refractivity contribution is 0.102. The maximum atomic E-state index is 12.7. The van der Waals surface area contributed by atoms with Crippen molar-refractivity contribution in [1.29, 1.82) is 5.26 Å². The number of halogens is 1. The molecule has 0 spiro atoms. The number of fused-ring (bicyclic) bond motifs is 1. The van der Waals surface area contributed by atoms with Gasteiger partial charge in [0.1, 0.15) is 11.8 Å². The fraction of sp³-hybridized carbons (Fsp3) is 0.0526. The summed E-state index contributed by atoms with van der Waals surface area (Å²) in [6.07, 6.45) is 0. The van der Waals surface area contributed by atoms with Crippen molar-refractivity contribution in [3.05, 3.63) is 70.2 Å². The number of amides is 1. The van der Waals surface area contributed by atoms with Gasteiger partial charge in [0.15, 0.2) is 0 Å². The zero-order valence-electron chi connectivity index (χ0n) is 12.8. The SMILES string of the molecule is COc1c(C(=O)Nc2ccccc2C#N)cc2ccccc2c1Br. The predicted octanol–water partition coefficient (Wildman–Crippen LogP) is 4.73. The molecule has 0 aliphatic carbocycles. The summed E-state index contributed by atoms with van der Waals surface area (Å²) in [5.41, 5.74) is 1.27. The summed E-state index contributed by atoms with van der Waals surface area (Å²) in [4.78, 5) is 12.7. The lowest BCUT2D eigenvalue weighted by Crippen LogP contribution is -2.14. The second-order valence-corrected chi connectivity index (χ2v) is 5.90. The van der Waals surface area contributed by atoms with Crippen LogP contribution in [0, 0.1) is 11.3 Å². The molecule has 3 aromatic rings. The molecule has 0 saturated heterocycles. The number of anilines is 1. The van der Waals surface area contributed by atoms with Crippen LogP contribution in [0.3, 0.4) is 0 Å². The van der Waals surface area contributed by atoms with Crippen LogP contribution in [-0.4, -0.2) is 13.0 Å². The number of ether oxygens (including phenoxy) is 1. The van der Waals surface area contributed by atoms with Crippen molar-refractivity contribution in [3.63, 3.8) is 0 Å². The van der Waals surface area contributed by atoms with E-state index < -0.39 is 0 Å². The van der Waals surface area contributed by atoms with Crippen molar-refractivity contribution in [3.8, 4) is 11.8 Å². The molecule has 0 atom stereocenters. The monoisotopic (exact) mass is 380 g/mol. The number of hydrogen-bond donors (Lipinski definition) is 1. The van der Waals surface area contributed by atoms with Crippen molar-refractivity contribution in [2.24, 2.45) is 0 Å². The van der Waals surface area contributed by atoms with Gasteiger partial charge in [-0.1, -0.05) is 36.4 Å².